The molecule has 0 aliphatic carbocycles. The molecule has 9 nitrogen and oxygen atoms in total. The summed E-state index contributed by atoms with van der Waals surface area (Å²) in [5.74, 6) is -0.812. The minimum atomic E-state index is -4.45. The van der Waals surface area contributed by atoms with E-state index in [1.165, 1.54) is 89.9 Å². The molecule has 0 aromatic heterocycles. The van der Waals surface area contributed by atoms with Crippen LogP contribution >= 0.6 is 7.82 Å². The number of quaternary nitrogens is 1. The summed E-state index contributed by atoms with van der Waals surface area (Å²) in [6.45, 7) is 6.26. The predicted molar refractivity (Wildman–Crippen MR) is 234 cm³/mol. The number of allylic oxidation sites excluding steroid dienone is 4. The minimum Gasteiger partial charge on any atom is -1.00 e. The molecule has 338 valence electrons. The van der Waals surface area contributed by atoms with Crippen molar-refractivity contribution in [3.05, 3.63) is 24.3 Å². The number of nitrogens with zero attached hydrogens (tertiary/aromatic N) is 1. The maximum atomic E-state index is 12.8. The molecule has 57 heavy (non-hydrogen) atoms. The van der Waals surface area contributed by atoms with Crippen LogP contribution in [0.15, 0.2) is 24.3 Å². The van der Waals surface area contributed by atoms with Gasteiger partial charge in [0.05, 0.1) is 27.7 Å². The van der Waals surface area contributed by atoms with Gasteiger partial charge in [-0.2, -0.15) is 0 Å². The number of hydrogen-bond donors (Lipinski definition) is 1. The fraction of sp³-hybridized carbons (Fsp3) is 0.870. The number of unbranched alkanes of at least 4 members (excludes halogenated alkanes) is 22. The zero-order valence-corrected chi connectivity index (χ0v) is 39.3. The van der Waals surface area contributed by atoms with Crippen molar-refractivity contribution in [2.45, 2.75) is 219 Å². The Hall–Kier alpha value is -1.22. The zero-order chi connectivity index (χ0) is 41.6. The van der Waals surface area contributed by atoms with Gasteiger partial charge in [-0.15, -0.1) is 0 Å². The number of rotatable bonds is 41. The van der Waals surface area contributed by atoms with Crippen LogP contribution in [-0.4, -0.2) is 74.4 Å². The summed E-state index contributed by atoms with van der Waals surface area (Å²) in [6.07, 6.45) is 39.3. The van der Waals surface area contributed by atoms with Gasteiger partial charge in [-0.25, -0.2) is 4.57 Å². The molecule has 0 aliphatic rings. The van der Waals surface area contributed by atoms with E-state index in [4.69, 9.17) is 18.5 Å². The van der Waals surface area contributed by atoms with Gasteiger partial charge in [-0.05, 0) is 70.6 Å². The van der Waals surface area contributed by atoms with E-state index in [0.29, 0.717) is 23.9 Å². The van der Waals surface area contributed by atoms with Gasteiger partial charge >= 0.3 is 19.8 Å². The van der Waals surface area contributed by atoms with Gasteiger partial charge in [-0.1, -0.05) is 148 Å². The van der Waals surface area contributed by atoms with Crippen molar-refractivity contribution >= 4 is 19.8 Å². The molecule has 0 spiro atoms. The van der Waals surface area contributed by atoms with E-state index in [1.54, 1.807) is 0 Å². The van der Waals surface area contributed by atoms with Crippen molar-refractivity contribution in [1.29, 1.82) is 0 Å². The lowest BCUT2D eigenvalue weighted by Gasteiger charge is -2.29. The van der Waals surface area contributed by atoms with E-state index in [2.05, 4.69) is 38.2 Å². The summed E-state index contributed by atoms with van der Waals surface area (Å²) in [7, 11) is 1.49. The van der Waals surface area contributed by atoms with Crippen LogP contribution in [-0.2, 0) is 32.7 Å². The van der Waals surface area contributed by atoms with Crippen molar-refractivity contribution in [2.24, 2.45) is 0 Å². The van der Waals surface area contributed by atoms with Crippen molar-refractivity contribution in [3.63, 3.8) is 0 Å². The van der Waals surface area contributed by atoms with Gasteiger partial charge in [0, 0.05) is 12.8 Å². The summed E-state index contributed by atoms with van der Waals surface area (Å²) in [5, 5.41) is 0. The number of phosphoric ester groups is 1. The van der Waals surface area contributed by atoms with Crippen molar-refractivity contribution in [3.8, 4) is 0 Å². The van der Waals surface area contributed by atoms with Gasteiger partial charge < -0.3 is 31.3 Å². The molecule has 0 heterocycles. The Morgan fingerprint density at radius 1 is 0.561 bits per heavy atom. The number of phosphoric acid groups is 1. The third-order valence-electron chi connectivity index (χ3n) is 9.93. The van der Waals surface area contributed by atoms with Crippen LogP contribution in [0.2, 0.25) is 0 Å². The molecule has 0 aromatic carbocycles. The number of halogens is 1. The summed E-state index contributed by atoms with van der Waals surface area (Å²) in [6, 6.07) is 0. The fourth-order valence-electron chi connectivity index (χ4n) is 6.54. The summed E-state index contributed by atoms with van der Waals surface area (Å²) in [4.78, 5) is 35.8. The Morgan fingerprint density at radius 2 is 0.947 bits per heavy atom. The first-order valence-electron chi connectivity index (χ1n) is 23.0. The Bertz CT molecular complexity index is 1030. The molecule has 0 amide bonds. The van der Waals surface area contributed by atoms with Crippen molar-refractivity contribution in [1.82, 2.24) is 0 Å². The lowest BCUT2D eigenvalue weighted by atomic mass is 10.1. The standard InChI is InChI=1S/C46H88NO8P.ClH/c1-7-10-12-14-16-18-20-22-24-26-28-30-32-34-36-38-45(48)52-41-44(42-53-56(50,51)55-43(9-3)40-47(4,5)6)54-46(49)39-37-35-33-31-29-27-25-23-21-19-17-15-13-11-8-2;/h22-25,43-44H,7-21,26-42H2,1-6H3;1H/b24-22-,25-23-;/t43?,44-;/m1./s1. The second-order valence-corrected chi connectivity index (χ2v) is 18.2. The lowest BCUT2D eigenvalue weighted by molar-refractivity contribution is -0.873. The highest BCUT2D eigenvalue weighted by molar-refractivity contribution is 7.47. The van der Waals surface area contributed by atoms with E-state index >= 15 is 0 Å². The summed E-state index contributed by atoms with van der Waals surface area (Å²) >= 11 is 0. The number of ether oxygens (including phenoxy) is 2. The van der Waals surface area contributed by atoms with Crippen LogP contribution < -0.4 is 12.4 Å². The minimum absolute atomic E-state index is 0. The van der Waals surface area contributed by atoms with Crippen molar-refractivity contribution < 1.29 is 54.5 Å². The molecular formula is C46H89ClNO8P. The van der Waals surface area contributed by atoms with Crippen molar-refractivity contribution in [2.75, 3.05) is 40.9 Å². The monoisotopic (exact) mass is 850 g/mol. The predicted octanol–water partition coefficient (Wildman–Crippen LogP) is 10.1. The van der Waals surface area contributed by atoms with E-state index in [1.807, 2.05) is 28.1 Å². The normalized spacial score (nSPS) is 14.1. The van der Waals surface area contributed by atoms with Crippen LogP contribution in [0.5, 0.6) is 0 Å². The largest absolute Gasteiger partial charge is 1.00 e. The fourth-order valence-corrected chi connectivity index (χ4v) is 7.55. The van der Waals surface area contributed by atoms with E-state index in [-0.39, 0.29) is 37.8 Å². The molecule has 0 radical (unpaired) electrons. The highest BCUT2D eigenvalue weighted by atomic mass is 35.5. The quantitative estimate of drug-likeness (QED) is 0.0213. The molecule has 3 atom stereocenters. The molecule has 0 fully saturated rings. The number of hydrogen-bond acceptors (Lipinski definition) is 7. The molecule has 0 aliphatic heterocycles. The Morgan fingerprint density at radius 3 is 1.35 bits per heavy atom. The van der Waals surface area contributed by atoms with Crippen LogP contribution in [0, 0.1) is 0 Å². The summed E-state index contributed by atoms with van der Waals surface area (Å²) in [5.41, 5.74) is 0. The van der Waals surface area contributed by atoms with Crippen LogP contribution in [0.4, 0.5) is 0 Å². The highest BCUT2D eigenvalue weighted by Crippen LogP contribution is 2.45. The molecule has 0 rings (SSSR count). The maximum absolute atomic E-state index is 12.8. The molecule has 0 saturated carbocycles. The smallest absolute Gasteiger partial charge is 0.472 e. The zero-order valence-electron chi connectivity index (χ0n) is 37.7. The molecule has 11 heteroatoms. The number of esters is 2. The summed E-state index contributed by atoms with van der Waals surface area (Å²) < 4.78 is 35.2. The molecule has 0 aromatic rings. The number of carbonyl (C=O) groups is 2. The van der Waals surface area contributed by atoms with Gasteiger partial charge in [0.15, 0.2) is 6.10 Å². The third kappa shape index (κ3) is 42.7. The molecule has 1 N–H and O–H groups in total. The second-order valence-electron chi connectivity index (χ2n) is 16.8. The van der Waals surface area contributed by atoms with Gasteiger partial charge in [-0.3, -0.25) is 18.6 Å². The SMILES string of the molecule is CCCCCCCC/C=C\CCCCCCCC(=O)OC[C@H](COP(=O)(O)OC(CC)C[N+](C)(C)C)OC(=O)CCCCCCC/C=C\CCCCCCCC.[Cl-]. The van der Waals surface area contributed by atoms with Gasteiger partial charge in [0.2, 0.25) is 0 Å². The van der Waals surface area contributed by atoms with Crippen LogP contribution in [0.25, 0.3) is 0 Å². The first kappa shape index (κ1) is 57.9. The highest BCUT2D eigenvalue weighted by Gasteiger charge is 2.31. The molecular weight excluding hydrogens is 761 g/mol. The Balaban J connectivity index is 0. The average molecular weight is 851 g/mol. The third-order valence-corrected chi connectivity index (χ3v) is 11.0. The topological polar surface area (TPSA) is 108 Å². The van der Waals surface area contributed by atoms with Gasteiger partial charge in [0.25, 0.3) is 0 Å². The van der Waals surface area contributed by atoms with Crippen LogP contribution in [0.3, 0.4) is 0 Å². The van der Waals surface area contributed by atoms with E-state index in [9.17, 15) is 19.0 Å². The maximum Gasteiger partial charge on any atom is 0.472 e. The number of likely N-dealkylation sites (N-methyl/N-ethyl adjacent to an activating group) is 1. The molecule has 0 bridgehead atoms. The van der Waals surface area contributed by atoms with Crippen LogP contribution in [0.1, 0.15) is 207 Å². The first-order chi connectivity index (χ1) is 26.9. The van der Waals surface area contributed by atoms with Gasteiger partial charge in [0.1, 0.15) is 19.3 Å². The Kier molecular flexibility index (Phi) is 40.8. The number of carbonyl (C=O) groups excluding carboxylic acids is 2. The second kappa shape index (κ2) is 40.2. The van der Waals surface area contributed by atoms with E-state index in [0.717, 1.165) is 70.6 Å². The molecule has 0 saturated heterocycles. The Labute approximate surface area is 357 Å². The first-order valence-corrected chi connectivity index (χ1v) is 24.5. The average Bonchev–Trinajstić information content (AvgIpc) is 3.14. The van der Waals surface area contributed by atoms with E-state index < -0.39 is 32.6 Å². The molecule has 2 unspecified atom stereocenters. The lowest BCUT2D eigenvalue weighted by Crippen LogP contribution is -3.00.